The lowest BCUT2D eigenvalue weighted by atomic mass is 9.98. The zero-order valence-corrected chi connectivity index (χ0v) is 15.6. The molecule has 0 aromatic carbocycles. The first-order valence-electron chi connectivity index (χ1n) is 8.07. The molecule has 2 aromatic heterocycles. The molecule has 7 heteroatoms. The highest BCUT2D eigenvalue weighted by atomic mass is 32.2. The highest BCUT2D eigenvalue weighted by molar-refractivity contribution is 7.99. The Kier molecular flexibility index (Phi) is 5.10. The number of thioether (sulfide) groups is 1. The van der Waals surface area contributed by atoms with Gasteiger partial charge in [0.05, 0.1) is 22.4 Å². The molecule has 23 heavy (non-hydrogen) atoms. The van der Waals surface area contributed by atoms with Gasteiger partial charge in [-0.3, -0.25) is 0 Å². The van der Waals surface area contributed by atoms with Gasteiger partial charge in [0, 0.05) is 23.4 Å². The van der Waals surface area contributed by atoms with E-state index in [1.54, 1.807) is 23.1 Å². The van der Waals surface area contributed by atoms with Crippen molar-refractivity contribution in [1.29, 1.82) is 0 Å². The van der Waals surface area contributed by atoms with E-state index in [2.05, 4.69) is 26.1 Å². The average Bonchev–Trinajstić information content (AvgIpc) is 2.84. The Morgan fingerprint density at radius 1 is 1.39 bits per heavy atom. The van der Waals surface area contributed by atoms with Crippen LogP contribution in [0.2, 0.25) is 0 Å². The third-order valence-corrected chi connectivity index (χ3v) is 5.79. The summed E-state index contributed by atoms with van der Waals surface area (Å²) >= 11 is 3.48. The first-order chi connectivity index (χ1) is 11.0. The highest BCUT2D eigenvalue weighted by Crippen LogP contribution is 2.41. The van der Waals surface area contributed by atoms with Gasteiger partial charge in [-0.2, -0.15) is 0 Å². The van der Waals surface area contributed by atoms with E-state index in [1.165, 1.54) is 10.4 Å². The SMILES string of the molecule is CCSc1nc(NCCCN)c2sc3c(c2n1)COC(C)(C)C3. The van der Waals surface area contributed by atoms with Gasteiger partial charge in [-0.25, -0.2) is 9.97 Å². The smallest absolute Gasteiger partial charge is 0.190 e. The Labute approximate surface area is 145 Å². The van der Waals surface area contributed by atoms with E-state index in [9.17, 15) is 0 Å². The predicted octanol–water partition coefficient (Wildman–Crippen LogP) is 3.42. The van der Waals surface area contributed by atoms with Crippen molar-refractivity contribution < 1.29 is 4.74 Å². The molecule has 0 bridgehead atoms. The maximum atomic E-state index is 6.00. The largest absolute Gasteiger partial charge is 0.370 e. The normalized spacial score (nSPS) is 16.5. The molecule has 3 N–H and O–H groups in total. The summed E-state index contributed by atoms with van der Waals surface area (Å²) < 4.78 is 7.15. The van der Waals surface area contributed by atoms with Crippen LogP contribution in [0.3, 0.4) is 0 Å². The molecule has 0 spiro atoms. The molecule has 0 radical (unpaired) electrons. The van der Waals surface area contributed by atoms with Gasteiger partial charge in [0.15, 0.2) is 5.16 Å². The fourth-order valence-corrected chi connectivity index (χ4v) is 4.66. The van der Waals surface area contributed by atoms with Crippen molar-refractivity contribution in [2.24, 2.45) is 5.73 Å². The minimum absolute atomic E-state index is 0.102. The van der Waals surface area contributed by atoms with Crippen LogP contribution in [-0.4, -0.2) is 34.4 Å². The Morgan fingerprint density at radius 3 is 2.96 bits per heavy atom. The summed E-state index contributed by atoms with van der Waals surface area (Å²) in [6.07, 6.45) is 1.87. The van der Waals surface area contributed by atoms with Gasteiger partial charge >= 0.3 is 0 Å². The van der Waals surface area contributed by atoms with Crippen LogP contribution in [0.5, 0.6) is 0 Å². The summed E-state index contributed by atoms with van der Waals surface area (Å²) in [5, 5.41) is 4.28. The van der Waals surface area contributed by atoms with Crippen LogP contribution in [-0.2, 0) is 17.8 Å². The van der Waals surface area contributed by atoms with Crippen LogP contribution < -0.4 is 11.1 Å². The number of nitrogens with one attached hydrogen (secondary N) is 1. The predicted molar refractivity (Wildman–Crippen MR) is 98.5 cm³/mol. The third-order valence-electron chi connectivity index (χ3n) is 3.83. The molecule has 3 rings (SSSR count). The minimum atomic E-state index is -0.102. The molecule has 0 unspecified atom stereocenters. The van der Waals surface area contributed by atoms with Gasteiger partial charge in [0.25, 0.3) is 0 Å². The van der Waals surface area contributed by atoms with E-state index < -0.39 is 0 Å². The van der Waals surface area contributed by atoms with Crippen molar-refractivity contribution in [2.45, 2.75) is 51.0 Å². The molecule has 2 aromatic rings. The van der Waals surface area contributed by atoms with E-state index in [0.717, 1.165) is 46.3 Å². The molecule has 5 nitrogen and oxygen atoms in total. The molecule has 0 saturated carbocycles. The Bertz CT molecular complexity index is 699. The Morgan fingerprint density at radius 2 is 2.22 bits per heavy atom. The number of ether oxygens (including phenoxy) is 1. The monoisotopic (exact) mass is 352 g/mol. The molecule has 0 amide bonds. The van der Waals surface area contributed by atoms with E-state index in [-0.39, 0.29) is 5.60 Å². The lowest BCUT2D eigenvalue weighted by Crippen LogP contribution is -2.30. The van der Waals surface area contributed by atoms with E-state index in [0.29, 0.717) is 13.2 Å². The maximum absolute atomic E-state index is 6.00. The van der Waals surface area contributed by atoms with Crippen LogP contribution in [0.4, 0.5) is 5.82 Å². The number of nitrogens with zero attached hydrogens (tertiary/aromatic N) is 2. The second kappa shape index (κ2) is 6.93. The van der Waals surface area contributed by atoms with E-state index in [4.69, 9.17) is 20.4 Å². The summed E-state index contributed by atoms with van der Waals surface area (Å²) in [5.41, 5.74) is 7.80. The fraction of sp³-hybridized carbons (Fsp3) is 0.625. The minimum Gasteiger partial charge on any atom is -0.370 e. The van der Waals surface area contributed by atoms with Crippen molar-refractivity contribution in [3.05, 3.63) is 10.4 Å². The van der Waals surface area contributed by atoms with E-state index >= 15 is 0 Å². The molecule has 1 aliphatic heterocycles. The molecule has 0 saturated heterocycles. The topological polar surface area (TPSA) is 73.1 Å². The first-order valence-corrected chi connectivity index (χ1v) is 9.87. The molecule has 0 fully saturated rings. The molecule has 1 aliphatic rings. The second-order valence-electron chi connectivity index (χ2n) is 6.26. The number of nitrogens with two attached hydrogens (primary N) is 1. The standard InChI is InChI=1S/C16H24N4OS2/c1-4-22-15-19-12-10-9-21-16(2,3)8-11(10)23-13(12)14(20-15)18-7-5-6-17/h4-9,17H2,1-3H3,(H,18,19,20). The molecule has 3 heterocycles. The van der Waals surface area contributed by atoms with Crippen LogP contribution in [0, 0.1) is 0 Å². The van der Waals surface area contributed by atoms with Gasteiger partial charge in [-0.05, 0) is 32.6 Å². The molecule has 0 atom stereocenters. The fourth-order valence-electron chi connectivity index (χ4n) is 2.67. The van der Waals surface area contributed by atoms with Crippen LogP contribution in [0.25, 0.3) is 10.2 Å². The van der Waals surface area contributed by atoms with Gasteiger partial charge in [0.2, 0.25) is 0 Å². The molecular weight excluding hydrogens is 328 g/mol. The first kappa shape index (κ1) is 17.0. The number of anilines is 1. The molecular formula is C16H24N4OS2. The Hall–Kier alpha value is -0.890. The lowest BCUT2D eigenvalue weighted by molar-refractivity contribution is -0.0383. The number of fused-ring (bicyclic) bond motifs is 3. The van der Waals surface area contributed by atoms with Crippen molar-refractivity contribution in [1.82, 2.24) is 9.97 Å². The van der Waals surface area contributed by atoms with Crippen molar-refractivity contribution in [2.75, 3.05) is 24.2 Å². The van der Waals surface area contributed by atoms with Crippen LogP contribution in [0.1, 0.15) is 37.6 Å². The average molecular weight is 353 g/mol. The van der Waals surface area contributed by atoms with Gasteiger partial charge in [0.1, 0.15) is 5.82 Å². The lowest BCUT2D eigenvalue weighted by Gasteiger charge is -2.29. The summed E-state index contributed by atoms with van der Waals surface area (Å²) in [5.74, 6) is 1.90. The summed E-state index contributed by atoms with van der Waals surface area (Å²) in [6, 6.07) is 0. The quantitative estimate of drug-likeness (QED) is 0.471. The van der Waals surface area contributed by atoms with Crippen molar-refractivity contribution >= 4 is 39.1 Å². The second-order valence-corrected chi connectivity index (χ2v) is 8.60. The van der Waals surface area contributed by atoms with Gasteiger partial charge in [-0.1, -0.05) is 18.7 Å². The number of aromatic nitrogens is 2. The summed E-state index contributed by atoms with van der Waals surface area (Å²) in [4.78, 5) is 10.9. The number of hydrogen-bond donors (Lipinski definition) is 2. The van der Waals surface area contributed by atoms with E-state index in [1.807, 2.05) is 0 Å². The Balaban J connectivity index is 2.04. The van der Waals surface area contributed by atoms with Crippen molar-refractivity contribution in [3.63, 3.8) is 0 Å². The van der Waals surface area contributed by atoms with Crippen LogP contribution in [0.15, 0.2) is 5.16 Å². The van der Waals surface area contributed by atoms with Gasteiger partial charge in [-0.15, -0.1) is 11.3 Å². The van der Waals surface area contributed by atoms with Crippen LogP contribution >= 0.6 is 23.1 Å². The zero-order valence-electron chi connectivity index (χ0n) is 13.9. The number of thiophene rings is 1. The summed E-state index contributed by atoms with van der Waals surface area (Å²) in [6.45, 7) is 8.56. The third kappa shape index (κ3) is 3.63. The zero-order chi connectivity index (χ0) is 16.4. The van der Waals surface area contributed by atoms with Gasteiger partial charge < -0.3 is 15.8 Å². The number of rotatable bonds is 6. The molecule has 0 aliphatic carbocycles. The number of hydrogen-bond acceptors (Lipinski definition) is 7. The van der Waals surface area contributed by atoms with Crippen molar-refractivity contribution in [3.8, 4) is 0 Å². The summed E-state index contributed by atoms with van der Waals surface area (Å²) in [7, 11) is 0. The maximum Gasteiger partial charge on any atom is 0.190 e. The highest BCUT2D eigenvalue weighted by Gasteiger charge is 2.30. The molecule has 126 valence electrons.